The van der Waals surface area contributed by atoms with Gasteiger partial charge in [-0.05, 0) is 50.3 Å². The molecule has 0 bridgehead atoms. The molecule has 0 aliphatic carbocycles. The number of aromatic nitrogens is 2. The average Bonchev–Trinajstić information content (AvgIpc) is 3.28. The Morgan fingerprint density at radius 3 is 2.36 bits per heavy atom. The molecule has 2 aromatic heterocycles. The van der Waals surface area contributed by atoms with E-state index in [4.69, 9.17) is 14.8 Å². The van der Waals surface area contributed by atoms with Gasteiger partial charge in [0.1, 0.15) is 5.82 Å². The first-order chi connectivity index (χ1) is 18.4. The highest BCUT2D eigenvalue weighted by molar-refractivity contribution is 5.77. The summed E-state index contributed by atoms with van der Waals surface area (Å²) >= 11 is 0. The van der Waals surface area contributed by atoms with Crippen LogP contribution >= 0.6 is 0 Å². The number of nitrogens with one attached hydrogen (secondary N) is 1. The van der Waals surface area contributed by atoms with Gasteiger partial charge in [0.15, 0.2) is 0 Å². The Bertz CT molecular complexity index is 942. The molecule has 2 aromatic rings. The maximum Gasteiger partial charge on any atom is 0.320 e. The Hall–Kier alpha value is -3.36. The fraction of sp³-hybridized carbons (Fsp3) is 0.600. The first kappa shape index (κ1) is 35.6. The number of ether oxygens (including phenoxy) is 1. The molecule has 0 saturated carbocycles. The van der Waals surface area contributed by atoms with Crippen LogP contribution in [0.4, 0.5) is 10.6 Å². The van der Waals surface area contributed by atoms with Crippen LogP contribution in [-0.4, -0.2) is 76.2 Å². The van der Waals surface area contributed by atoms with Gasteiger partial charge in [0.2, 0.25) is 5.88 Å². The summed E-state index contributed by atoms with van der Waals surface area (Å²) in [5, 5.41) is 12.2. The number of pyridine rings is 2. The van der Waals surface area contributed by atoms with E-state index < -0.39 is 5.97 Å². The molecule has 1 unspecified atom stereocenters. The van der Waals surface area contributed by atoms with Gasteiger partial charge in [0, 0.05) is 50.2 Å². The van der Waals surface area contributed by atoms with Gasteiger partial charge >= 0.3 is 12.0 Å². The van der Waals surface area contributed by atoms with Gasteiger partial charge < -0.3 is 25.0 Å². The minimum Gasteiger partial charge on any atom is -0.481 e. The monoisotopic (exact) mass is 545 g/mol. The Kier molecular flexibility index (Phi) is 18.8. The van der Waals surface area contributed by atoms with Gasteiger partial charge in [-0.3, -0.25) is 4.79 Å². The molecule has 4 heterocycles. The maximum absolute atomic E-state index is 12.2. The Morgan fingerprint density at radius 1 is 1.13 bits per heavy atom. The number of methoxy groups -OCH3 is 1. The molecule has 9 heteroatoms. The van der Waals surface area contributed by atoms with Crippen molar-refractivity contribution in [1.29, 1.82) is 0 Å². The van der Waals surface area contributed by atoms with Crippen LogP contribution in [0.25, 0.3) is 0 Å². The van der Waals surface area contributed by atoms with Crippen LogP contribution < -0.4 is 10.1 Å². The van der Waals surface area contributed by atoms with E-state index in [1.54, 1.807) is 29.2 Å². The van der Waals surface area contributed by atoms with E-state index in [1.807, 2.05) is 26.0 Å². The lowest BCUT2D eigenvalue weighted by atomic mass is 10.0. The number of amides is 2. The van der Waals surface area contributed by atoms with Crippen molar-refractivity contribution in [1.82, 2.24) is 19.8 Å². The quantitative estimate of drug-likeness (QED) is 0.410. The summed E-state index contributed by atoms with van der Waals surface area (Å²) in [5.74, 6) is 0.800. The molecule has 1 saturated heterocycles. The number of fused-ring (bicyclic) bond motifs is 1. The van der Waals surface area contributed by atoms with Gasteiger partial charge in [-0.1, -0.05) is 53.7 Å². The molecular weight excluding hydrogens is 494 g/mol. The fourth-order valence-corrected chi connectivity index (χ4v) is 3.87. The van der Waals surface area contributed by atoms with Crippen molar-refractivity contribution in [2.24, 2.45) is 0 Å². The predicted octanol–water partition coefficient (Wildman–Crippen LogP) is 6.14. The van der Waals surface area contributed by atoms with Gasteiger partial charge in [-0.25, -0.2) is 14.8 Å². The minimum atomic E-state index is -0.868. The number of rotatable bonds is 8. The normalized spacial score (nSPS) is 15.0. The number of urea groups is 1. The van der Waals surface area contributed by atoms with E-state index in [2.05, 4.69) is 43.2 Å². The zero-order chi connectivity index (χ0) is 28.3. The smallest absolute Gasteiger partial charge is 0.320 e. The standard InChI is InChI=1S/C18H26N4O3.C6H7NO.C3H8.C2H6.CH4/c1-13-4-5-14-6-7-15(20-17(14)19-13)3-2-9-21-11-12-22(18(21)25)10-8-16(23)24;1-8-6-4-2-3-5-7-6;1-3-2;1-2;/h6-7,13H,2-5,8-12H2,1H3,(H,19,20)(H,23,24);2-5H,1H3;3H2,1-2H3;1-2H3;1H4. The van der Waals surface area contributed by atoms with Crippen molar-refractivity contribution in [2.45, 2.75) is 86.6 Å². The van der Waals surface area contributed by atoms with Crippen molar-refractivity contribution in [3.8, 4) is 5.88 Å². The molecule has 2 aliphatic rings. The molecule has 9 nitrogen and oxygen atoms in total. The molecule has 4 rings (SSSR count). The SMILES string of the molecule is C.CC.CC1CCc2ccc(CCCN3CCN(CCC(=O)O)C3=O)nc2N1.CCC.COc1ccccn1. The summed E-state index contributed by atoms with van der Waals surface area (Å²) < 4.78 is 4.80. The molecule has 1 atom stereocenters. The minimum absolute atomic E-state index is 0. The number of hydrogen-bond donors (Lipinski definition) is 2. The van der Waals surface area contributed by atoms with Crippen molar-refractivity contribution < 1.29 is 19.4 Å². The molecule has 0 radical (unpaired) electrons. The summed E-state index contributed by atoms with van der Waals surface area (Å²) in [7, 11) is 1.60. The summed E-state index contributed by atoms with van der Waals surface area (Å²) in [6.45, 7) is 12.7. The summed E-state index contributed by atoms with van der Waals surface area (Å²) in [6, 6.07) is 10.2. The van der Waals surface area contributed by atoms with Crippen LogP contribution in [0, 0.1) is 0 Å². The number of aliphatic carboxylic acids is 1. The first-order valence-corrected chi connectivity index (χ1v) is 13.8. The predicted molar refractivity (Wildman–Crippen MR) is 160 cm³/mol. The Morgan fingerprint density at radius 2 is 1.79 bits per heavy atom. The lowest BCUT2D eigenvalue weighted by Gasteiger charge is -2.23. The largest absolute Gasteiger partial charge is 0.481 e. The highest BCUT2D eigenvalue weighted by Gasteiger charge is 2.27. The van der Waals surface area contributed by atoms with Gasteiger partial charge in [0.05, 0.1) is 13.5 Å². The average molecular weight is 546 g/mol. The lowest BCUT2D eigenvalue weighted by molar-refractivity contribution is -0.137. The van der Waals surface area contributed by atoms with Crippen LogP contribution in [0.3, 0.4) is 0 Å². The van der Waals surface area contributed by atoms with E-state index in [0.29, 0.717) is 38.1 Å². The molecule has 39 heavy (non-hydrogen) atoms. The molecule has 1 fully saturated rings. The van der Waals surface area contributed by atoms with Crippen molar-refractivity contribution in [3.63, 3.8) is 0 Å². The topological polar surface area (TPSA) is 108 Å². The van der Waals surface area contributed by atoms with Crippen LogP contribution in [0.1, 0.15) is 79.0 Å². The summed E-state index contributed by atoms with van der Waals surface area (Å²) in [4.78, 5) is 34.9. The van der Waals surface area contributed by atoms with E-state index in [0.717, 1.165) is 37.2 Å². The number of carboxylic acids is 1. The number of aryl methyl sites for hydroxylation is 2. The number of carboxylic acid groups (broad SMARTS) is 1. The molecule has 0 spiro atoms. The van der Waals surface area contributed by atoms with Crippen LogP contribution in [0.15, 0.2) is 36.5 Å². The molecule has 2 N–H and O–H groups in total. The van der Waals surface area contributed by atoms with E-state index in [-0.39, 0.29) is 19.9 Å². The third kappa shape index (κ3) is 13.3. The molecule has 220 valence electrons. The number of carbonyl (C=O) groups excluding carboxylic acids is 1. The number of anilines is 1. The first-order valence-electron chi connectivity index (χ1n) is 13.8. The number of carbonyl (C=O) groups is 2. The van der Waals surface area contributed by atoms with E-state index >= 15 is 0 Å². The second-order valence-corrected chi connectivity index (χ2v) is 8.98. The molecule has 0 aromatic carbocycles. The second-order valence-electron chi connectivity index (χ2n) is 8.98. The maximum atomic E-state index is 12.2. The Balaban J connectivity index is 0.000000862. The van der Waals surface area contributed by atoms with E-state index in [9.17, 15) is 9.59 Å². The zero-order valence-electron chi connectivity index (χ0n) is 24.1. The van der Waals surface area contributed by atoms with Gasteiger partial charge in [0.25, 0.3) is 0 Å². The summed E-state index contributed by atoms with van der Waals surface area (Å²) in [6.07, 6.45) is 6.86. The molecular formula is C30H51N5O4. The second kappa shape index (κ2) is 20.6. The summed E-state index contributed by atoms with van der Waals surface area (Å²) in [5.41, 5.74) is 2.33. The van der Waals surface area contributed by atoms with Crippen LogP contribution in [0.2, 0.25) is 0 Å². The fourth-order valence-electron chi connectivity index (χ4n) is 3.87. The van der Waals surface area contributed by atoms with Crippen LogP contribution in [0.5, 0.6) is 5.88 Å². The number of nitrogens with zero attached hydrogens (tertiary/aromatic N) is 4. The lowest BCUT2D eigenvalue weighted by Crippen LogP contribution is -2.33. The molecule has 2 aliphatic heterocycles. The third-order valence-electron chi connectivity index (χ3n) is 5.75. The zero-order valence-corrected chi connectivity index (χ0v) is 24.1. The van der Waals surface area contributed by atoms with Crippen molar-refractivity contribution in [3.05, 3.63) is 47.8 Å². The highest BCUT2D eigenvalue weighted by Crippen LogP contribution is 2.23. The van der Waals surface area contributed by atoms with Crippen LogP contribution in [-0.2, 0) is 17.6 Å². The third-order valence-corrected chi connectivity index (χ3v) is 5.75. The van der Waals surface area contributed by atoms with Crippen molar-refractivity contribution >= 4 is 17.8 Å². The van der Waals surface area contributed by atoms with Gasteiger partial charge in [-0.2, -0.15) is 0 Å². The number of hydrogen-bond acceptors (Lipinski definition) is 6. The highest BCUT2D eigenvalue weighted by atomic mass is 16.5. The Labute approximate surface area is 236 Å². The molecule has 2 amide bonds. The van der Waals surface area contributed by atoms with Crippen molar-refractivity contribution in [2.75, 3.05) is 38.6 Å². The van der Waals surface area contributed by atoms with Gasteiger partial charge in [-0.15, -0.1) is 0 Å². The van der Waals surface area contributed by atoms with E-state index in [1.165, 1.54) is 12.0 Å².